The van der Waals surface area contributed by atoms with Crippen molar-refractivity contribution < 1.29 is 9.90 Å². The molecule has 1 aromatic rings. The first-order chi connectivity index (χ1) is 8.63. The summed E-state index contributed by atoms with van der Waals surface area (Å²) in [6, 6.07) is 7.52. The van der Waals surface area contributed by atoms with Gasteiger partial charge in [0.1, 0.15) is 0 Å². The summed E-state index contributed by atoms with van der Waals surface area (Å²) in [7, 11) is 1.75. The maximum Gasteiger partial charge on any atom is 0.253 e. The van der Waals surface area contributed by atoms with Crippen molar-refractivity contribution in [1.29, 1.82) is 0 Å². The second-order valence-electron chi connectivity index (χ2n) is 4.76. The highest BCUT2D eigenvalue weighted by Crippen LogP contribution is 2.13. The van der Waals surface area contributed by atoms with Crippen LogP contribution in [0.4, 0.5) is 0 Å². The number of β-amino-alcohol motifs (C(OH)–C–C–N with tert-alkyl or cyclic N) is 1. The van der Waals surface area contributed by atoms with E-state index >= 15 is 0 Å². The highest BCUT2D eigenvalue weighted by Gasteiger charge is 2.31. The van der Waals surface area contributed by atoms with Crippen molar-refractivity contribution in [1.82, 2.24) is 10.2 Å². The van der Waals surface area contributed by atoms with Crippen molar-refractivity contribution in [3.8, 4) is 0 Å². The van der Waals surface area contributed by atoms with Gasteiger partial charge in [-0.15, -0.1) is 0 Å². The number of amides is 1. The molecule has 2 atom stereocenters. The molecule has 1 saturated heterocycles. The van der Waals surface area contributed by atoms with Crippen LogP contribution >= 0.6 is 0 Å². The Balaban J connectivity index is 2.09. The van der Waals surface area contributed by atoms with Gasteiger partial charge in [0.15, 0.2) is 0 Å². The van der Waals surface area contributed by atoms with Crippen LogP contribution in [0.15, 0.2) is 24.3 Å². The average Bonchev–Trinajstić information content (AvgIpc) is 2.83. The van der Waals surface area contributed by atoms with Gasteiger partial charge in [0.25, 0.3) is 5.91 Å². The molecule has 1 aliphatic rings. The van der Waals surface area contributed by atoms with E-state index in [0.717, 1.165) is 6.42 Å². The van der Waals surface area contributed by atoms with E-state index < -0.39 is 6.10 Å². The number of aryl methyl sites for hydroxylation is 1. The van der Waals surface area contributed by atoms with Crippen molar-refractivity contribution in [2.45, 2.75) is 25.5 Å². The van der Waals surface area contributed by atoms with Crippen LogP contribution in [-0.2, 0) is 6.42 Å². The third-order valence-corrected chi connectivity index (χ3v) is 3.58. The molecule has 1 heterocycles. The van der Waals surface area contributed by atoms with Crippen molar-refractivity contribution in [3.63, 3.8) is 0 Å². The zero-order valence-corrected chi connectivity index (χ0v) is 10.9. The first kappa shape index (κ1) is 13.1. The molecule has 0 radical (unpaired) electrons. The van der Waals surface area contributed by atoms with Gasteiger partial charge in [-0.2, -0.15) is 0 Å². The molecule has 4 nitrogen and oxygen atoms in total. The van der Waals surface area contributed by atoms with Gasteiger partial charge in [0, 0.05) is 25.7 Å². The molecule has 0 aliphatic carbocycles. The standard InChI is InChI=1S/C14H20N2O2/c1-3-10-4-6-11(7-5-10)14(18)16(2)12-8-15-9-13(12)17/h4-7,12-13,15,17H,3,8-9H2,1-2H3/t12-,13-/m0/s1. The molecule has 0 bridgehead atoms. The van der Waals surface area contributed by atoms with Gasteiger partial charge in [-0.25, -0.2) is 0 Å². The van der Waals surface area contributed by atoms with Crippen LogP contribution in [0.2, 0.25) is 0 Å². The number of likely N-dealkylation sites (N-methyl/N-ethyl adjacent to an activating group) is 1. The van der Waals surface area contributed by atoms with Crippen LogP contribution in [0.1, 0.15) is 22.8 Å². The lowest BCUT2D eigenvalue weighted by molar-refractivity contribution is 0.0581. The monoisotopic (exact) mass is 248 g/mol. The number of hydrogen-bond donors (Lipinski definition) is 2. The van der Waals surface area contributed by atoms with E-state index in [4.69, 9.17) is 0 Å². The van der Waals surface area contributed by atoms with Crippen LogP contribution in [-0.4, -0.2) is 48.2 Å². The van der Waals surface area contributed by atoms with Crippen molar-refractivity contribution >= 4 is 5.91 Å². The molecular weight excluding hydrogens is 228 g/mol. The van der Waals surface area contributed by atoms with Gasteiger partial charge in [0.05, 0.1) is 12.1 Å². The normalized spacial score (nSPS) is 23.1. The Hall–Kier alpha value is -1.39. The minimum absolute atomic E-state index is 0.0367. The Labute approximate surface area is 108 Å². The van der Waals surface area contributed by atoms with Crippen LogP contribution in [0.3, 0.4) is 0 Å². The SMILES string of the molecule is CCc1ccc(C(=O)N(C)[C@H]2CNC[C@@H]2O)cc1. The lowest BCUT2D eigenvalue weighted by Gasteiger charge is -2.26. The summed E-state index contributed by atoms with van der Waals surface area (Å²) in [5.41, 5.74) is 1.89. The fourth-order valence-corrected chi connectivity index (χ4v) is 2.28. The van der Waals surface area contributed by atoms with Gasteiger partial charge < -0.3 is 15.3 Å². The molecule has 2 rings (SSSR count). The lowest BCUT2D eigenvalue weighted by atomic mass is 10.1. The number of hydrogen-bond acceptors (Lipinski definition) is 3. The van der Waals surface area contributed by atoms with Crippen LogP contribution in [0.25, 0.3) is 0 Å². The maximum atomic E-state index is 12.3. The summed E-state index contributed by atoms with van der Waals surface area (Å²) >= 11 is 0. The predicted molar refractivity (Wildman–Crippen MR) is 70.6 cm³/mol. The highest BCUT2D eigenvalue weighted by molar-refractivity contribution is 5.94. The number of carbonyl (C=O) groups excluding carboxylic acids is 1. The van der Waals surface area contributed by atoms with Crippen LogP contribution < -0.4 is 5.32 Å². The summed E-state index contributed by atoms with van der Waals surface area (Å²) in [4.78, 5) is 13.9. The smallest absolute Gasteiger partial charge is 0.253 e. The van der Waals surface area contributed by atoms with E-state index in [1.807, 2.05) is 24.3 Å². The molecule has 0 spiro atoms. The number of aliphatic hydroxyl groups is 1. The molecule has 0 unspecified atom stereocenters. The number of nitrogens with zero attached hydrogens (tertiary/aromatic N) is 1. The third-order valence-electron chi connectivity index (χ3n) is 3.58. The van der Waals surface area contributed by atoms with E-state index in [1.54, 1.807) is 11.9 Å². The molecule has 1 amide bonds. The Morgan fingerprint density at radius 1 is 1.39 bits per heavy atom. The van der Waals surface area contributed by atoms with Crippen molar-refractivity contribution in [2.24, 2.45) is 0 Å². The Morgan fingerprint density at radius 3 is 2.56 bits per heavy atom. The summed E-state index contributed by atoms with van der Waals surface area (Å²) < 4.78 is 0. The third kappa shape index (κ3) is 2.54. The lowest BCUT2D eigenvalue weighted by Crippen LogP contribution is -2.44. The van der Waals surface area contributed by atoms with Gasteiger partial charge in [-0.1, -0.05) is 19.1 Å². The maximum absolute atomic E-state index is 12.3. The number of aliphatic hydroxyl groups excluding tert-OH is 1. The minimum atomic E-state index is -0.478. The fraction of sp³-hybridized carbons (Fsp3) is 0.500. The molecule has 98 valence electrons. The zero-order valence-electron chi connectivity index (χ0n) is 10.9. The van der Waals surface area contributed by atoms with Gasteiger partial charge in [0.2, 0.25) is 0 Å². The number of carbonyl (C=O) groups is 1. The summed E-state index contributed by atoms with van der Waals surface area (Å²) in [5, 5.41) is 12.9. The number of benzene rings is 1. The number of rotatable bonds is 3. The molecule has 0 saturated carbocycles. The summed E-state index contributed by atoms with van der Waals surface area (Å²) in [6.45, 7) is 3.29. The molecule has 2 N–H and O–H groups in total. The Morgan fingerprint density at radius 2 is 2.06 bits per heavy atom. The average molecular weight is 248 g/mol. The highest BCUT2D eigenvalue weighted by atomic mass is 16.3. The van der Waals surface area contributed by atoms with Gasteiger partial charge in [-0.05, 0) is 24.1 Å². The zero-order chi connectivity index (χ0) is 13.1. The van der Waals surface area contributed by atoms with E-state index in [9.17, 15) is 9.90 Å². The molecule has 4 heteroatoms. The first-order valence-corrected chi connectivity index (χ1v) is 6.38. The summed E-state index contributed by atoms with van der Waals surface area (Å²) in [6.07, 6.45) is 0.490. The quantitative estimate of drug-likeness (QED) is 0.826. The predicted octanol–water partition coefficient (Wildman–Crippen LogP) is 0.654. The van der Waals surface area contributed by atoms with Gasteiger partial charge >= 0.3 is 0 Å². The van der Waals surface area contributed by atoms with Crippen molar-refractivity contribution in [3.05, 3.63) is 35.4 Å². The van der Waals surface area contributed by atoms with E-state index in [-0.39, 0.29) is 11.9 Å². The molecule has 1 aliphatic heterocycles. The van der Waals surface area contributed by atoms with Crippen molar-refractivity contribution in [2.75, 3.05) is 20.1 Å². The van der Waals surface area contributed by atoms with Crippen LogP contribution in [0.5, 0.6) is 0 Å². The largest absolute Gasteiger partial charge is 0.390 e. The Bertz CT molecular complexity index is 416. The van der Waals surface area contributed by atoms with E-state index in [1.165, 1.54) is 5.56 Å². The minimum Gasteiger partial charge on any atom is -0.390 e. The molecular formula is C14H20N2O2. The van der Waals surface area contributed by atoms with E-state index in [0.29, 0.717) is 18.7 Å². The molecule has 1 aromatic carbocycles. The second-order valence-corrected chi connectivity index (χ2v) is 4.76. The Kier molecular flexibility index (Phi) is 3.99. The molecule has 18 heavy (non-hydrogen) atoms. The first-order valence-electron chi connectivity index (χ1n) is 6.38. The molecule has 0 aromatic heterocycles. The number of nitrogens with one attached hydrogen (secondary N) is 1. The second kappa shape index (κ2) is 5.50. The van der Waals surface area contributed by atoms with Gasteiger partial charge in [-0.3, -0.25) is 4.79 Å². The fourth-order valence-electron chi connectivity index (χ4n) is 2.28. The topological polar surface area (TPSA) is 52.6 Å². The summed E-state index contributed by atoms with van der Waals surface area (Å²) in [5.74, 6) is -0.0367. The van der Waals surface area contributed by atoms with E-state index in [2.05, 4.69) is 12.2 Å². The van der Waals surface area contributed by atoms with Crippen LogP contribution in [0, 0.1) is 0 Å². The molecule has 1 fully saturated rings.